The van der Waals surface area contributed by atoms with Gasteiger partial charge in [-0.15, -0.1) is 0 Å². The molecule has 0 radical (unpaired) electrons. The normalized spacial score (nSPS) is 26.9. The van der Waals surface area contributed by atoms with Gasteiger partial charge >= 0.3 is 0 Å². The minimum Gasteiger partial charge on any atom is -0.262 e. The maximum absolute atomic E-state index is 12.2. The summed E-state index contributed by atoms with van der Waals surface area (Å²) in [5, 5.41) is 0. The Balaban J connectivity index is 1.70. The summed E-state index contributed by atoms with van der Waals surface area (Å²) < 4.78 is 29.7. The fourth-order valence-electron chi connectivity index (χ4n) is 3.56. The predicted octanol–water partition coefficient (Wildman–Crippen LogP) is 3.69. The van der Waals surface area contributed by atoms with E-state index in [-0.39, 0.29) is 11.5 Å². The Hall–Kier alpha value is -1.13. The van der Waals surface area contributed by atoms with Gasteiger partial charge in [0.05, 0.1) is 11.5 Å². The number of hydrogen-bond acceptors (Lipinski definition) is 3. The predicted molar refractivity (Wildman–Crippen MR) is 82.4 cm³/mol. The van der Waals surface area contributed by atoms with Crippen molar-refractivity contribution < 1.29 is 12.6 Å². The molecule has 2 unspecified atom stereocenters. The van der Waals surface area contributed by atoms with E-state index in [9.17, 15) is 8.42 Å². The largest absolute Gasteiger partial charge is 0.297 e. The first kappa shape index (κ1) is 14.8. The number of rotatable bonds is 4. The number of allylic oxidation sites excluding steroid dienone is 1. The summed E-state index contributed by atoms with van der Waals surface area (Å²) in [6.07, 6.45) is 4.40. The van der Waals surface area contributed by atoms with Crippen molar-refractivity contribution in [1.29, 1.82) is 0 Å². The smallest absolute Gasteiger partial charge is 0.262 e. The van der Waals surface area contributed by atoms with Crippen LogP contribution in [0.4, 0.5) is 0 Å². The highest BCUT2D eigenvalue weighted by atomic mass is 32.2. The second-order valence-corrected chi connectivity index (χ2v) is 8.47. The van der Waals surface area contributed by atoms with Crippen LogP contribution in [0.15, 0.2) is 40.8 Å². The Bertz CT molecular complexity index is 668. The van der Waals surface area contributed by atoms with Crippen molar-refractivity contribution in [3.05, 3.63) is 41.5 Å². The molecule has 0 amide bonds. The molecule has 1 aromatic rings. The standard InChI is InChI=1S/C17H22O3S/c1-12-4-8-15(9-5-12)21(18,19)20-11-13-6-7-14-10-16(13)17(14,2)3/h4-6,8-9,14,16H,7,10-11H2,1-3H3. The zero-order valence-electron chi connectivity index (χ0n) is 12.8. The zero-order chi connectivity index (χ0) is 15.3. The van der Waals surface area contributed by atoms with Gasteiger partial charge in [0.15, 0.2) is 0 Å². The second-order valence-electron chi connectivity index (χ2n) is 6.85. The Labute approximate surface area is 127 Å². The van der Waals surface area contributed by atoms with Crippen LogP contribution in [0, 0.1) is 24.2 Å². The summed E-state index contributed by atoms with van der Waals surface area (Å²) in [6.45, 7) is 6.66. The maximum atomic E-state index is 12.2. The molecule has 4 rings (SSSR count). The molecule has 1 fully saturated rings. The first-order valence-corrected chi connectivity index (χ1v) is 8.86. The molecule has 4 heteroatoms. The van der Waals surface area contributed by atoms with Crippen molar-refractivity contribution in [2.24, 2.45) is 17.3 Å². The monoisotopic (exact) mass is 306 g/mol. The van der Waals surface area contributed by atoms with Crippen molar-refractivity contribution in [3.63, 3.8) is 0 Å². The molecule has 3 aliphatic rings. The van der Waals surface area contributed by atoms with Gasteiger partial charge in [-0.1, -0.05) is 37.6 Å². The van der Waals surface area contributed by atoms with Crippen LogP contribution in [-0.2, 0) is 14.3 Å². The molecule has 2 atom stereocenters. The van der Waals surface area contributed by atoms with Crippen molar-refractivity contribution >= 4 is 10.1 Å². The third-order valence-electron chi connectivity index (χ3n) is 5.27. The van der Waals surface area contributed by atoms with Gasteiger partial charge in [-0.05, 0) is 54.7 Å². The first-order valence-electron chi connectivity index (χ1n) is 7.46. The van der Waals surface area contributed by atoms with Gasteiger partial charge in [0.2, 0.25) is 0 Å². The average molecular weight is 306 g/mol. The lowest BCUT2D eigenvalue weighted by atomic mass is 9.49. The zero-order valence-corrected chi connectivity index (χ0v) is 13.6. The Morgan fingerprint density at radius 1 is 1.24 bits per heavy atom. The van der Waals surface area contributed by atoms with Crippen LogP contribution in [-0.4, -0.2) is 15.0 Å². The van der Waals surface area contributed by atoms with Crippen molar-refractivity contribution in [2.75, 3.05) is 6.61 Å². The first-order chi connectivity index (χ1) is 9.80. The third-order valence-corrected chi connectivity index (χ3v) is 6.55. The number of benzene rings is 1. The van der Waals surface area contributed by atoms with E-state index in [1.807, 2.05) is 6.92 Å². The van der Waals surface area contributed by atoms with Crippen LogP contribution in [0.1, 0.15) is 32.3 Å². The molecular weight excluding hydrogens is 284 g/mol. The van der Waals surface area contributed by atoms with Crippen LogP contribution in [0.5, 0.6) is 0 Å². The summed E-state index contributed by atoms with van der Waals surface area (Å²) in [5.41, 5.74) is 2.48. The highest BCUT2D eigenvalue weighted by molar-refractivity contribution is 7.86. The molecule has 1 saturated carbocycles. The molecule has 1 aromatic carbocycles. The van der Waals surface area contributed by atoms with Crippen LogP contribution in [0.3, 0.4) is 0 Å². The summed E-state index contributed by atoms with van der Waals surface area (Å²) in [4.78, 5) is 0.232. The molecule has 114 valence electrons. The van der Waals surface area contributed by atoms with Gasteiger partial charge in [-0.3, -0.25) is 4.18 Å². The summed E-state index contributed by atoms with van der Waals surface area (Å²) in [6, 6.07) is 6.78. The van der Waals surface area contributed by atoms with Gasteiger partial charge in [0, 0.05) is 0 Å². The summed E-state index contributed by atoms with van der Waals surface area (Å²) in [5.74, 6) is 1.23. The summed E-state index contributed by atoms with van der Waals surface area (Å²) >= 11 is 0. The van der Waals surface area contributed by atoms with Crippen molar-refractivity contribution in [3.8, 4) is 0 Å². The lowest BCUT2D eigenvalue weighted by molar-refractivity contribution is -0.0113. The molecule has 21 heavy (non-hydrogen) atoms. The lowest BCUT2D eigenvalue weighted by Gasteiger charge is -2.56. The highest BCUT2D eigenvalue weighted by Crippen LogP contribution is 2.59. The van der Waals surface area contributed by atoms with E-state index in [4.69, 9.17) is 4.18 Å². The number of hydrogen-bond donors (Lipinski definition) is 0. The van der Waals surface area contributed by atoms with Crippen LogP contribution in [0.25, 0.3) is 0 Å². The SMILES string of the molecule is Cc1ccc(S(=O)(=O)OCC2=CCC3CC2C3(C)C)cc1. The van der Waals surface area contributed by atoms with Gasteiger partial charge in [0.1, 0.15) is 0 Å². The third kappa shape index (κ3) is 2.55. The Kier molecular flexibility index (Phi) is 3.49. The molecule has 3 aliphatic carbocycles. The molecule has 0 aromatic heterocycles. The quantitative estimate of drug-likeness (QED) is 0.629. The van der Waals surface area contributed by atoms with Gasteiger partial charge < -0.3 is 0 Å². The van der Waals surface area contributed by atoms with E-state index in [1.54, 1.807) is 24.3 Å². The van der Waals surface area contributed by atoms with Crippen LogP contribution in [0.2, 0.25) is 0 Å². The van der Waals surface area contributed by atoms with Crippen LogP contribution >= 0.6 is 0 Å². The molecule has 0 saturated heterocycles. The minimum atomic E-state index is -3.66. The van der Waals surface area contributed by atoms with Gasteiger partial charge in [0.25, 0.3) is 10.1 Å². The molecule has 0 N–H and O–H groups in total. The maximum Gasteiger partial charge on any atom is 0.297 e. The average Bonchev–Trinajstić information content (AvgIpc) is 2.45. The second kappa shape index (κ2) is 4.96. The number of fused-ring (bicyclic) bond motifs is 1. The van der Waals surface area contributed by atoms with Crippen molar-refractivity contribution in [1.82, 2.24) is 0 Å². The minimum absolute atomic E-state index is 0.191. The van der Waals surface area contributed by atoms with Gasteiger partial charge in [-0.2, -0.15) is 8.42 Å². The fraction of sp³-hybridized carbons (Fsp3) is 0.529. The van der Waals surface area contributed by atoms with E-state index >= 15 is 0 Å². The van der Waals surface area contributed by atoms with Crippen LogP contribution < -0.4 is 0 Å². The molecule has 0 spiro atoms. The van der Waals surface area contributed by atoms with Crippen molar-refractivity contribution in [2.45, 2.75) is 38.5 Å². The van der Waals surface area contributed by atoms with E-state index in [0.717, 1.165) is 23.5 Å². The molecule has 0 aliphatic heterocycles. The van der Waals surface area contributed by atoms with E-state index in [0.29, 0.717) is 11.3 Å². The van der Waals surface area contributed by atoms with E-state index in [1.165, 1.54) is 6.42 Å². The number of aryl methyl sites for hydroxylation is 1. The molecular formula is C17H22O3S. The lowest BCUT2D eigenvalue weighted by Crippen LogP contribution is -2.48. The van der Waals surface area contributed by atoms with E-state index < -0.39 is 10.1 Å². The molecule has 3 nitrogen and oxygen atoms in total. The van der Waals surface area contributed by atoms with Gasteiger partial charge in [-0.25, -0.2) is 0 Å². The summed E-state index contributed by atoms with van der Waals surface area (Å²) in [7, 11) is -3.66. The molecule has 0 heterocycles. The fourth-order valence-corrected chi connectivity index (χ4v) is 4.46. The van der Waals surface area contributed by atoms with E-state index in [2.05, 4.69) is 19.9 Å². The Morgan fingerprint density at radius 3 is 2.48 bits per heavy atom. The Morgan fingerprint density at radius 2 is 1.90 bits per heavy atom. The highest BCUT2D eigenvalue weighted by Gasteiger charge is 2.51. The topological polar surface area (TPSA) is 43.4 Å². The molecule has 2 bridgehead atoms.